The number of hydrogen-bond acceptors (Lipinski definition) is 7. The van der Waals surface area contributed by atoms with E-state index in [0.29, 0.717) is 36.0 Å². The van der Waals surface area contributed by atoms with Gasteiger partial charge in [0.15, 0.2) is 10.9 Å². The van der Waals surface area contributed by atoms with Crippen LogP contribution in [0.25, 0.3) is 0 Å². The van der Waals surface area contributed by atoms with Crippen LogP contribution in [0.2, 0.25) is 0 Å². The molecule has 31 heavy (non-hydrogen) atoms. The standard InChI is InChI=1S/C20H21N5O4S2/c1-25-11-10-22-20(25)30-13-15-7-8-17(29-15)19(26)23-14-4-2-5-16(12-14)31(27,28)24-18-6-3-9-21-18/h2,4-5,7-8,10-12H,3,6,9,13H2,1H3,(H,21,24)(H,23,26). The molecule has 4 rings (SSSR count). The Kier molecular flexibility index (Phi) is 6.14. The maximum absolute atomic E-state index is 12.6. The second-order valence-electron chi connectivity index (χ2n) is 6.89. The molecule has 1 amide bonds. The molecule has 0 bridgehead atoms. The lowest BCUT2D eigenvalue weighted by atomic mass is 10.3. The number of carbonyl (C=O) groups excluding carboxylic acids is 1. The number of benzene rings is 1. The molecule has 0 fully saturated rings. The molecule has 1 aliphatic heterocycles. The Bertz CT molecular complexity index is 1230. The number of sulfonamides is 1. The Morgan fingerprint density at radius 2 is 2.16 bits per heavy atom. The average molecular weight is 460 g/mol. The number of furan rings is 1. The van der Waals surface area contributed by atoms with E-state index in [9.17, 15) is 13.2 Å². The molecule has 0 saturated heterocycles. The fourth-order valence-corrected chi connectivity index (χ4v) is 4.94. The van der Waals surface area contributed by atoms with Crippen molar-refractivity contribution in [1.29, 1.82) is 0 Å². The molecule has 0 radical (unpaired) electrons. The SMILES string of the molecule is Cn1ccnc1SCc1ccc(C(=O)Nc2cccc(S(=O)(=O)NC3=NCCC3)c2)o1. The van der Waals surface area contributed by atoms with Crippen molar-refractivity contribution >= 4 is 39.2 Å². The third-order valence-electron chi connectivity index (χ3n) is 4.53. The van der Waals surface area contributed by atoms with E-state index in [1.165, 1.54) is 23.9 Å². The van der Waals surface area contributed by atoms with Crippen molar-refractivity contribution in [2.24, 2.45) is 12.0 Å². The molecular formula is C20H21N5O4S2. The third-order valence-corrected chi connectivity index (χ3v) is 6.99. The normalized spacial score (nSPS) is 13.8. The van der Waals surface area contributed by atoms with Gasteiger partial charge >= 0.3 is 0 Å². The van der Waals surface area contributed by atoms with Crippen LogP contribution in [0.3, 0.4) is 0 Å². The second-order valence-corrected chi connectivity index (χ2v) is 9.52. The topological polar surface area (TPSA) is 119 Å². The van der Waals surface area contributed by atoms with Crippen molar-refractivity contribution in [3.8, 4) is 0 Å². The van der Waals surface area contributed by atoms with Crippen LogP contribution in [0, 0.1) is 0 Å². The fraction of sp³-hybridized carbons (Fsp3) is 0.250. The molecule has 2 aromatic heterocycles. The number of aliphatic imine (C=N–C) groups is 1. The average Bonchev–Trinajstić information content (AvgIpc) is 3.49. The van der Waals surface area contributed by atoms with Crippen molar-refractivity contribution in [2.75, 3.05) is 11.9 Å². The summed E-state index contributed by atoms with van der Waals surface area (Å²) in [6.45, 7) is 0.624. The molecule has 3 aromatic rings. The summed E-state index contributed by atoms with van der Waals surface area (Å²) in [5.41, 5.74) is 0.349. The van der Waals surface area contributed by atoms with E-state index in [4.69, 9.17) is 4.42 Å². The van der Waals surface area contributed by atoms with Crippen LogP contribution < -0.4 is 10.0 Å². The van der Waals surface area contributed by atoms with E-state index in [1.807, 2.05) is 17.8 Å². The smallest absolute Gasteiger partial charge is 0.291 e. The molecule has 0 aliphatic carbocycles. The summed E-state index contributed by atoms with van der Waals surface area (Å²) < 4.78 is 35.1. The molecule has 11 heteroatoms. The number of thioether (sulfide) groups is 1. The van der Waals surface area contributed by atoms with Gasteiger partial charge in [0, 0.05) is 38.1 Å². The highest BCUT2D eigenvalue weighted by molar-refractivity contribution is 7.98. The van der Waals surface area contributed by atoms with Crippen LogP contribution in [0.1, 0.15) is 29.2 Å². The summed E-state index contributed by atoms with van der Waals surface area (Å²) in [7, 11) is -1.86. The predicted octanol–water partition coefficient (Wildman–Crippen LogP) is 3.03. The minimum Gasteiger partial charge on any atom is -0.455 e. The summed E-state index contributed by atoms with van der Waals surface area (Å²) in [6, 6.07) is 9.37. The first-order valence-electron chi connectivity index (χ1n) is 9.57. The van der Waals surface area contributed by atoms with Gasteiger partial charge in [-0.1, -0.05) is 17.8 Å². The zero-order valence-corrected chi connectivity index (χ0v) is 18.4. The molecule has 9 nitrogen and oxygen atoms in total. The zero-order chi connectivity index (χ0) is 21.8. The number of carbonyl (C=O) groups is 1. The highest BCUT2D eigenvalue weighted by atomic mass is 32.2. The van der Waals surface area contributed by atoms with Gasteiger partial charge in [-0.2, -0.15) is 0 Å². The summed E-state index contributed by atoms with van der Waals surface area (Å²) in [4.78, 5) is 21.0. The van der Waals surface area contributed by atoms with E-state index in [1.54, 1.807) is 30.5 Å². The first kappa shape index (κ1) is 21.2. The molecule has 1 aromatic carbocycles. The van der Waals surface area contributed by atoms with Crippen molar-refractivity contribution in [1.82, 2.24) is 14.3 Å². The maximum Gasteiger partial charge on any atom is 0.291 e. The quantitative estimate of drug-likeness (QED) is 0.524. The minimum atomic E-state index is -3.76. The highest BCUT2D eigenvalue weighted by Crippen LogP contribution is 2.23. The number of amides is 1. The van der Waals surface area contributed by atoms with Crippen molar-refractivity contribution < 1.29 is 17.6 Å². The Labute approximate surface area is 184 Å². The molecule has 0 saturated carbocycles. The van der Waals surface area contributed by atoms with Crippen LogP contribution in [0.15, 0.2) is 68.3 Å². The van der Waals surface area contributed by atoms with Crippen LogP contribution in [0.5, 0.6) is 0 Å². The summed E-state index contributed by atoms with van der Waals surface area (Å²) >= 11 is 1.50. The van der Waals surface area contributed by atoms with E-state index in [-0.39, 0.29) is 10.7 Å². The molecule has 0 unspecified atom stereocenters. The second kappa shape index (κ2) is 8.98. The van der Waals surface area contributed by atoms with Crippen LogP contribution >= 0.6 is 11.8 Å². The van der Waals surface area contributed by atoms with Gasteiger partial charge in [-0.3, -0.25) is 14.5 Å². The Morgan fingerprint density at radius 1 is 1.29 bits per heavy atom. The van der Waals surface area contributed by atoms with Crippen LogP contribution in [-0.4, -0.2) is 36.3 Å². The monoisotopic (exact) mass is 459 g/mol. The predicted molar refractivity (Wildman–Crippen MR) is 118 cm³/mol. The summed E-state index contributed by atoms with van der Waals surface area (Å²) in [6.07, 6.45) is 5.01. The van der Waals surface area contributed by atoms with Crippen LogP contribution in [0.4, 0.5) is 5.69 Å². The van der Waals surface area contributed by atoms with Gasteiger partial charge in [-0.25, -0.2) is 13.4 Å². The number of aryl methyl sites for hydroxylation is 1. The Morgan fingerprint density at radius 3 is 2.90 bits per heavy atom. The lowest BCUT2D eigenvalue weighted by Gasteiger charge is -2.09. The van der Waals surface area contributed by atoms with Gasteiger partial charge in [0.2, 0.25) is 0 Å². The van der Waals surface area contributed by atoms with E-state index < -0.39 is 15.9 Å². The fourth-order valence-electron chi connectivity index (χ4n) is 2.97. The maximum atomic E-state index is 12.6. The summed E-state index contributed by atoms with van der Waals surface area (Å²) in [5, 5.41) is 3.52. The molecule has 3 heterocycles. The van der Waals surface area contributed by atoms with E-state index >= 15 is 0 Å². The number of aromatic nitrogens is 2. The summed E-state index contributed by atoms with van der Waals surface area (Å²) in [5.74, 6) is 1.30. The van der Waals surface area contributed by atoms with Crippen molar-refractivity contribution in [2.45, 2.75) is 28.6 Å². The zero-order valence-electron chi connectivity index (χ0n) is 16.7. The lowest BCUT2D eigenvalue weighted by molar-refractivity contribution is 0.0995. The highest BCUT2D eigenvalue weighted by Gasteiger charge is 2.19. The van der Waals surface area contributed by atoms with E-state index in [0.717, 1.165) is 11.6 Å². The van der Waals surface area contributed by atoms with Crippen LogP contribution in [-0.2, 0) is 22.8 Å². The lowest BCUT2D eigenvalue weighted by Crippen LogP contribution is -2.29. The molecule has 1 aliphatic rings. The Balaban J connectivity index is 1.40. The first-order valence-corrected chi connectivity index (χ1v) is 12.0. The number of hydrogen-bond donors (Lipinski definition) is 2. The molecule has 0 spiro atoms. The molecule has 2 N–H and O–H groups in total. The number of nitrogens with one attached hydrogen (secondary N) is 2. The number of anilines is 1. The number of rotatable bonds is 7. The number of nitrogens with zero attached hydrogens (tertiary/aromatic N) is 3. The largest absolute Gasteiger partial charge is 0.455 e. The van der Waals surface area contributed by atoms with Gasteiger partial charge in [0.1, 0.15) is 11.6 Å². The third kappa shape index (κ3) is 5.17. The Hall–Kier alpha value is -3.05. The van der Waals surface area contributed by atoms with Gasteiger partial charge < -0.3 is 14.3 Å². The number of imidazole rings is 1. The van der Waals surface area contributed by atoms with Gasteiger partial charge in [-0.15, -0.1) is 0 Å². The van der Waals surface area contributed by atoms with E-state index in [2.05, 4.69) is 20.0 Å². The van der Waals surface area contributed by atoms with Crippen molar-refractivity contribution in [3.05, 3.63) is 60.3 Å². The number of amidine groups is 1. The van der Waals surface area contributed by atoms with Gasteiger partial charge in [-0.05, 0) is 36.8 Å². The molecule has 162 valence electrons. The minimum absolute atomic E-state index is 0.0477. The van der Waals surface area contributed by atoms with Gasteiger partial charge in [0.25, 0.3) is 15.9 Å². The first-order chi connectivity index (χ1) is 14.9. The van der Waals surface area contributed by atoms with Crippen molar-refractivity contribution in [3.63, 3.8) is 0 Å². The molecular weight excluding hydrogens is 438 g/mol. The van der Waals surface area contributed by atoms with Gasteiger partial charge in [0.05, 0.1) is 10.6 Å². The molecule has 0 atom stereocenters.